The van der Waals surface area contributed by atoms with Gasteiger partial charge in [-0.3, -0.25) is 14.9 Å². The number of fused-ring (bicyclic) bond motifs is 1. The molecule has 0 unspecified atom stereocenters. The van der Waals surface area contributed by atoms with E-state index < -0.39 is 0 Å². The fraction of sp³-hybridized carbons (Fsp3) is 0.200. The van der Waals surface area contributed by atoms with Crippen LogP contribution < -0.4 is 5.32 Å². The second-order valence-corrected chi connectivity index (χ2v) is 3.27. The number of benzene rings is 1. The van der Waals surface area contributed by atoms with Crippen LogP contribution in [0.2, 0.25) is 0 Å². The van der Waals surface area contributed by atoms with Crippen LogP contribution in [0.1, 0.15) is 31.8 Å². The molecule has 3 heteroatoms. The Hall–Kier alpha value is -1.64. The van der Waals surface area contributed by atoms with Gasteiger partial charge in [0.1, 0.15) is 0 Å². The summed E-state index contributed by atoms with van der Waals surface area (Å²) < 4.78 is 0. The van der Waals surface area contributed by atoms with Gasteiger partial charge in [-0.1, -0.05) is 0 Å². The van der Waals surface area contributed by atoms with Crippen LogP contribution in [0.25, 0.3) is 0 Å². The quantitative estimate of drug-likeness (QED) is 0.602. The highest BCUT2D eigenvalue weighted by molar-refractivity contribution is 6.21. The number of carbonyl (C=O) groups excluding carboxylic acids is 2. The molecule has 0 radical (unpaired) electrons. The van der Waals surface area contributed by atoms with Crippen LogP contribution >= 0.6 is 0 Å². The van der Waals surface area contributed by atoms with Gasteiger partial charge in [0, 0.05) is 0 Å². The zero-order valence-electron chi connectivity index (χ0n) is 7.47. The molecule has 1 N–H and O–H groups in total. The Bertz CT molecular complexity index is 382. The smallest absolute Gasteiger partial charge is 0.258 e. The molecule has 0 spiro atoms. The van der Waals surface area contributed by atoms with Crippen molar-refractivity contribution in [2.45, 2.75) is 13.8 Å². The monoisotopic (exact) mass is 175 g/mol. The lowest BCUT2D eigenvalue weighted by atomic mass is 10.0. The average molecular weight is 175 g/mol. The van der Waals surface area contributed by atoms with E-state index in [4.69, 9.17) is 0 Å². The van der Waals surface area contributed by atoms with Crippen molar-refractivity contribution in [1.29, 1.82) is 0 Å². The van der Waals surface area contributed by atoms with Crippen molar-refractivity contribution < 1.29 is 9.59 Å². The van der Waals surface area contributed by atoms with Crippen molar-refractivity contribution in [3.05, 3.63) is 34.4 Å². The minimum Gasteiger partial charge on any atom is -0.288 e. The number of hydrogen-bond acceptors (Lipinski definition) is 2. The highest BCUT2D eigenvalue weighted by atomic mass is 16.2. The van der Waals surface area contributed by atoms with Crippen LogP contribution in [-0.4, -0.2) is 11.8 Å². The molecular formula is C10H9NO2. The Labute approximate surface area is 75.8 Å². The lowest BCUT2D eigenvalue weighted by Gasteiger charge is -2.00. The van der Waals surface area contributed by atoms with Crippen molar-refractivity contribution >= 4 is 11.8 Å². The Morgan fingerprint density at radius 1 is 0.923 bits per heavy atom. The predicted molar refractivity (Wildman–Crippen MR) is 47.7 cm³/mol. The zero-order chi connectivity index (χ0) is 9.59. The molecule has 1 aromatic carbocycles. The van der Waals surface area contributed by atoms with Crippen LogP contribution in [0.5, 0.6) is 0 Å². The fourth-order valence-corrected chi connectivity index (χ4v) is 1.43. The third-order valence-corrected chi connectivity index (χ3v) is 2.35. The predicted octanol–water partition coefficient (Wildman–Crippen LogP) is 1.19. The highest BCUT2D eigenvalue weighted by Crippen LogP contribution is 2.19. The topological polar surface area (TPSA) is 46.2 Å². The molecule has 0 saturated carbocycles. The largest absolute Gasteiger partial charge is 0.288 e. The molecule has 1 aliphatic heterocycles. The van der Waals surface area contributed by atoms with E-state index in [0.29, 0.717) is 11.1 Å². The minimum absolute atomic E-state index is 0.289. The molecule has 0 saturated heterocycles. The number of hydrogen-bond donors (Lipinski definition) is 1. The first-order valence-corrected chi connectivity index (χ1v) is 4.06. The molecular weight excluding hydrogens is 166 g/mol. The van der Waals surface area contributed by atoms with Crippen molar-refractivity contribution in [3.63, 3.8) is 0 Å². The SMILES string of the molecule is Cc1cc2c(cc1C)C(=O)NC2=O. The zero-order valence-corrected chi connectivity index (χ0v) is 7.47. The third-order valence-electron chi connectivity index (χ3n) is 2.35. The Morgan fingerprint density at radius 3 is 1.69 bits per heavy atom. The Morgan fingerprint density at radius 2 is 1.31 bits per heavy atom. The van der Waals surface area contributed by atoms with E-state index in [1.165, 1.54) is 0 Å². The van der Waals surface area contributed by atoms with Crippen LogP contribution in [0.3, 0.4) is 0 Å². The van der Waals surface area contributed by atoms with Crippen molar-refractivity contribution in [1.82, 2.24) is 5.32 Å². The fourth-order valence-electron chi connectivity index (χ4n) is 1.43. The van der Waals surface area contributed by atoms with Crippen molar-refractivity contribution in [2.75, 3.05) is 0 Å². The van der Waals surface area contributed by atoms with E-state index >= 15 is 0 Å². The van der Waals surface area contributed by atoms with Gasteiger partial charge in [-0.15, -0.1) is 0 Å². The molecule has 66 valence electrons. The second-order valence-electron chi connectivity index (χ2n) is 3.27. The van der Waals surface area contributed by atoms with Gasteiger partial charge in [0.15, 0.2) is 0 Å². The van der Waals surface area contributed by atoms with Crippen LogP contribution in [0.15, 0.2) is 12.1 Å². The van der Waals surface area contributed by atoms with Gasteiger partial charge >= 0.3 is 0 Å². The molecule has 0 bridgehead atoms. The van der Waals surface area contributed by atoms with E-state index in [9.17, 15) is 9.59 Å². The lowest BCUT2D eigenvalue weighted by Crippen LogP contribution is -2.19. The molecule has 0 fully saturated rings. The summed E-state index contributed by atoms with van der Waals surface area (Å²) in [7, 11) is 0. The Balaban J connectivity index is 2.72. The van der Waals surface area contributed by atoms with Gasteiger partial charge < -0.3 is 0 Å². The first-order valence-electron chi connectivity index (χ1n) is 4.06. The summed E-state index contributed by atoms with van der Waals surface area (Å²) in [4.78, 5) is 22.4. The third kappa shape index (κ3) is 1.04. The maximum absolute atomic E-state index is 11.2. The molecule has 0 aliphatic carbocycles. The van der Waals surface area contributed by atoms with Crippen molar-refractivity contribution in [2.24, 2.45) is 0 Å². The van der Waals surface area contributed by atoms with E-state index in [1.54, 1.807) is 12.1 Å². The van der Waals surface area contributed by atoms with Gasteiger partial charge in [-0.25, -0.2) is 0 Å². The first kappa shape index (κ1) is 7.98. The number of amides is 2. The first-order chi connectivity index (χ1) is 6.09. The molecule has 0 atom stereocenters. The number of rotatable bonds is 0. The lowest BCUT2D eigenvalue weighted by molar-refractivity contribution is 0.0879. The average Bonchev–Trinajstić information content (AvgIpc) is 2.31. The molecule has 1 aliphatic rings. The van der Waals surface area contributed by atoms with Gasteiger partial charge in [0.2, 0.25) is 0 Å². The van der Waals surface area contributed by atoms with E-state index in [0.717, 1.165) is 11.1 Å². The molecule has 13 heavy (non-hydrogen) atoms. The molecule has 2 amide bonds. The minimum atomic E-state index is -0.289. The Kier molecular flexibility index (Phi) is 1.49. The van der Waals surface area contributed by atoms with E-state index in [2.05, 4.69) is 5.32 Å². The highest BCUT2D eigenvalue weighted by Gasteiger charge is 2.26. The molecule has 0 aromatic heterocycles. The number of carbonyl (C=O) groups is 2. The number of imide groups is 1. The van der Waals surface area contributed by atoms with Gasteiger partial charge in [0.25, 0.3) is 11.8 Å². The summed E-state index contributed by atoms with van der Waals surface area (Å²) in [6.07, 6.45) is 0. The van der Waals surface area contributed by atoms with Crippen molar-refractivity contribution in [3.8, 4) is 0 Å². The molecule has 1 heterocycles. The summed E-state index contributed by atoms with van der Waals surface area (Å²) in [6.45, 7) is 3.84. The summed E-state index contributed by atoms with van der Waals surface area (Å²) in [5, 5.41) is 2.26. The van der Waals surface area contributed by atoms with E-state index in [-0.39, 0.29) is 11.8 Å². The second kappa shape index (κ2) is 2.42. The summed E-state index contributed by atoms with van der Waals surface area (Å²) in [6, 6.07) is 3.51. The molecule has 1 aromatic rings. The molecule has 3 nitrogen and oxygen atoms in total. The van der Waals surface area contributed by atoms with Gasteiger partial charge in [0.05, 0.1) is 11.1 Å². The summed E-state index contributed by atoms with van der Waals surface area (Å²) in [5.74, 6) is -0.578. The van der Waals surface area contributed by atoms with E-state index in [1.807, 2.05) is 13.8 Å². The standard InChI is InChI=1S/C10H9NO2/c1-5-3-7-8(4-6(5)2)10(13)11-9(7)12/h3-4H,1-2H3,(H,11,12,13). The summed E-state index contributed by atoms with van der Waals surface area (Å²) >= 11 is 0. The maximum atomic E-state index is 11.2. The molecule has 2 rings (SSSR count). The summed E-state index contributed by atoms with van der Waals surface area (Å²) in [5.41, 5.74) is 3.05. The van der Waals surface area contributed by atoms with Crippen LogP contribution in [0, 0.1) is 13.8 Å². The maximum Gasteiger partial charge on any atom is 0.258 e. The van der Waals surface area contributed by atoms with Crippen LogP contribution in [0.4, 0.5) is 0 Å². The van der Waals surface area contributed by atoms with Crippen LogP contribution in [-0.2, 0) is 0 Å². The number of aryl methyl sites for hydroxylation is 2. The van der Waals surface area contributed by atoms with Gasteiger partial charge in [-0.2, -0.15) is 0 Å². The van der Waals surface area contributed by atoms with Gasteiger partial charge in [-0.05, 0) is 37.1 Å². The number of nitrogens with one attached hydrogen (secondary N) is 1. The normalized spacial score (nSPS) is 14.3.